The molecular weight excluding hydrogens is 428 g/mol. The summed E-state index contributed by atoms with van der Waals surface area (Å²) in [5, 5.41) is 1.17. The Balaban J connectivity index is 1.56. The zero-order valence-corrected chi connectivity index (χ0v) is 18.3. The fourth-order valence-electron chi connectivity index (χ4n) is 3.63. The van der Waals surface area contributed by atoms with Gasteiger partial charge < -0.3 is 4.90 Å². The first kappa shape index (κ1) is 20.4. The van der Waals surface area contributed by atoms with E-state index in [0.717, 1.165) is 16.7 Å². The number of hydrogen-bond donors (Lipinski definition) is 0. The van der Waals surface area contributed by atoms with Gasteiger partial charge in [-0.1, -0.05) is 65.3 Å². The Hall–Kier alpha value is -1.83. The van der Waals surface area contributed by atoms with Gasteiger partial charge in [-0.2, -0.15) is 4.99 Å². The molecule has 2 aromatic rings. The maximum absolute atomic E-state index is 12.6. The molecule has 0 spiro atoms. The first-order chi connectivity index (χ1) is 13.8. The summed E-state index contributed by atoms with van der Waals surface area (Å²) in [7, 11) is -3.06. The lowest BCUT2D eigenvalue weighted by atomic mass is 10.1. The zero-order valence-electron chi connectivity index (χ0n) is 15.9. The number of hydrogen-bond acceptors (Lipinski definition) is 4. The number of halogens is 1. The molecule has 2 heterocycles. The van der Waals surface area contributed by atoms with Gasteiger partial charge in [-0.25, -0.2) is 8.42 Å². The Morgan fingerprint density at radius 1 is 1.10 bits per heavy atom. The van der Waals surface area contributed by atoms with E-state index in [1.165, 1.54) is 11.8 Å². The Kier molecular flexibility index (Phi) is 5.73. The van der Waals surface area contributed by atoms with E-state index < -0.39 is 9.84 Å². The van der Waals surface area contributed by atoms with Crippen LogP contribution in [0.25, 0.3) is 0 Å². The molecule has 2 atom stereocenters. The highest BCUT2D eigenvalue weighted by Crippen LogP contribution is 2.39. The van der Waals surface area contributed by atoms with Crippen molar-refractivity contribution in [1.82, 2.24) is 4.90 Å². The van der Waals surface area contributed by atoms with Crippen molar-refractivity contribution in [2.45, 2.75) is 31.2 Å². The van der Waals surface area contributed by atoms with Gasteiger partial charge in [-0.15, -0.1) is 0 Å². The van der Waals surface area contributed by atoms with Gasteiger partial charge in [0.05, 0.1) is 24.0 Å². The van der Waals surface area contributed by atoms with Gasteiger partial charge >= 0.3 is 0 Å². The average Bonchev–Trinajstić information content (AvgIpc) is 3.11. The molecule has 0 saturated carbocycles. The van der Waals surface area contributed by atoms with Crippen molar-refractivity contribution in [3.63, 3.8) is 0 Å². The van der Waals surface area contributed by atoms with Gasteiger partial charge in [-0.3, -0.25) is 4.79 Å². The third-order valence-corrected chi connectivity index (χ3v) is 8.64. The monoisotopic (exact) mass is 448 g/mol. The first-order valence-electron chi connectivity index (χ1n) is 9.34. The Morgan fingerprint density at radius 3 is 2.45 bits per heavy atom. The number of carbonyl (C=O) groups excluding carboxylic acids is 1. The first-order valence-corrected chi connectivity index (χ1v) is 12.4. The van der Waals surface area contributed by atoms with Crippen molar-refractivity contribution in [2.75, 3.05) is 11.5 Å². The molecule has 2 aliphatic heterocycles. The Morgan fingerprint density at radius 2 is 1.76 bits per heavy atom. The number of benzene rings is 2. The molecule has 2 aromatic carbocycles. The van der Waals surface area contributed by atoms with Gasteiger partial charge in [0, 0.05) is 16.8 Å². The molecule has 1 amide bonds. The highest BCUT2D eigenvalue weighted by molar-refractivity contribution is 8.15. The van der Waals surface area contributed by atoms with Crippen molar-refractivity contribution in [3.05, 3.63) is 70.2 Å². The van der Waals surface area contributed by atoms with Crippen molar-refractivity contribution in [3.8, 4) is 0 Å². The second-order valence-electron chi connectivity index (χ2n) is 7.51. The molecule has 0 N–H and O–H groups in total. The van der Waals surface area contributed by atoms with E-state index in [4.69, 9.17) is 11.6 Å². The van der Waals surface area contributed by atoms with Gasteiger partial charge in [0.1, 0.15) is 0 Å². The number of amidine groups is 1. The van der Waals surface area contributed by atoms with Crippen molar-refractivity contribution >= 4 is 44.3 Å². The normalized spacial score (nSPS) is 24.1. The minimum absolute atomic E-state index is 0.0764. The molecular formula is C21H21ClN2O3S2. The van der Waals surface area contributed by atoms with E-state index in [1.807, 2.05) is 48.2 Å². The molecule has 0 bridgehead atoms. The van der Waals surface area contributed by atoms with Crippen LogP contribution in [-0.2, 0) is 27.6 Å². The number of aryl methyl sites for hydroxylation is 1. The zero-order chi connectivity index (χ0) is 20.6. The molecule has 0 aromatic heterocycles. The number of amides is 1. The van der Waals surface area contributed by atoms with Crippen LogP contribution in [0.5, 0.6) is 0 Å². The minimum Gasteiger partial charge on any atom is -0.342 e. The second kappa shape index (κ2) is 8.13. The standard InChI is InChI=1S/C21H21ClN2O3S2/c1-14-2-4-16(5-3-14)11-24-18-12-29(26,27)13-19(18)28-21(24)23-20(25)10-15-6-8-17(22)9-7-15/h2-9,18-19H,10-13H2,1H3/t18-,19+/m0/s1. The summed E-state index contributed by atoms with van der Waals surface area (Å²) < 4.78 is 24.3. The van der Waals surface area contributed by atoms with Crippen LogP contribution in [0.15, 0.2) is 53.5 Å². The van der Waals surface area contributed by atoms with Crippen LogP contribution >= 0.6 is 23.4 Å². The molecule has 152 valence electrons. The Bertz CT molecular complexity index is 1050. The molecule has 4 rings (SSSR count). The van der Waals surface area contributed by atoms with Crippen LogP contribution in [0, 0.1) is 6.92 Å². The van der Waals surface area contributed by atoms with Crippen LogP contribution in [-0.4, -0.2) is 47.2 Å². The van der Waals surface area contributed by atoms with Gasteiger partial charge in [-0.05, 0) is 30.2 Å². The van der Waals surface area contributed by atoms with E-state index in [-0.39, 0.29) is 35.1 Å². The maximum atomic E-state index is 12.6. The summed E-state index contributed by atoms with van der Waals surface area (Å²) >= 11 is 7.31. The Labute approximate surface area is 180 Å². The van der Waals surface area contributed by atoms with Crippen molar-refractivity contribution < 1.29 is 13.2 Å². The smallest absolute Gasteiger partial charge is 0.252 e. The second-order valence-corrected chi connectivity index (χ2v) is 11.3. The molecule has 2 aliphatic rings. The van der Waals surface area contributed by atoms with Gasteiger partial charge in [0.2, 0.25) is 0 Å². The molecule has 0 unspecified atom stereocenters. The summed E-state index contributed by atoms with van der Waals surface area (Å²) in [5.41, 5.74) is 3.08. The number of thioether (sulfide) groups is 1. The SMILES string of the molecule is Cc1ccc(CN2C(=NC(=O)Cc3ccc(Cl)cc3)S[C@@H]3CS(=O)(=O)C[C@@H]32)cc1. The largest absolute Gasteiger partial charge is 0.342 e. The van der Waals surface area contributed by atoms with E-state index in [0.29, 0.717) is 16.7 Å². The summed E-state index contributed by atoms with van der Waals surface area (Å²) in [4.78, 5) is 18.9. The van der Waals surface area contributed by atoms with E-state index in [2.05, 4.69) is 4.99 Å². The lowest BCUT2D eigenvalue weighted by Gasteiger charge is -2.24. The number of carbonyl (C=O) groups is 1. The molecule has 2 saturated heterocycles. The third-order valence-electron chi connectivity index (χ3n) is 5.14. The van der Waals surface area contributed by atoms with Crippen LogP contribution in [0.1, 0.15) is 16.7 Å². The van der Waals surface area contributed by atoms with Crippen LogP contribution in [0.4, 0.5) is 0 Å². The summed E-state index contributed by atoms with van der Waals surface area (Å²) in [6.07, 6.45) is 0.188. The number of sulfone groups is 1. The molecule has 29 heavy (non-hydrogen) atoms. The van der Waals surface area contributed by atoms with Crippen molar-refractivity contribution in [2.24, 2.45) is 4.99 Å². The van der Waals surface area contributed by atoms with E-state index >= 15 is 0 Å². The summed E-state index contributed by atoms with van der Waals surface area (Å²) in [6, 6.07) is 15.1. The highest BCUT2D eigenvalue weighted by atomic mass is 35.5. The minimum atomic E-state index is -3.06. The van der Waals surface area contributed by atoms with E-state index in [1.54, 1.807) is 12.1 Å². The van der Waals surface area contributed by atoms with Crippen molar-refractivity contribution in [1.29, 1.82) is 0 Å². The fourth-order valence-corrected chi connectivity index (χ4v) is 7.73. The number of nitrogens with zero attached hydrogens (tertiary/aromatic N) is 2. The predicted molar refractivity (Wildman–Crippen MR) is 118 cm³/mol. The molecule has 0 aliphatic carbocycles. The van der Waals surface area contributed by atoms with Crippen LogP contribution in [0.3, 0.4) is 0 Å². The topological polar surface area (TPSA) is 66.8 Å². The summed E-state index contributed by atoms with van der Waals surface area (Å²) in [5.74, 6) is 0.00414. The number of rotatable bonds is 4. The maximum Gasteiger partial charge on any atom is 0.252 e. The number of aliphatic imine (C=N–C) groups is 1. The molecule has 0 radical (unpaired) electrons. The predicted octanol–water partition coefficient (Wildman–Crippen LogP) is 3.49. The van der Waals surface area contributed by atoms with Gasteiger partial charge in [0.15, 0.2) is 15.0 Å². The highest BCUT2D eigenvalue weighted by Gasteiger charge is 2.48. The third kappa shape index (κ3) is 4.85. The van der Waals surface area contributed by atoms with Crippen LogP contribution < -0.4 is 0 Å². The van der Waals surface area contributed by atoms with E-state index in [9.17, 15) is 13.2 Å². The average molecular weight is 449 g/mol. The number of fused-ring (bicyclic) bond motifs is 1. The molecule has 5 nitrogen and oxygen atoms in total. The van der Waals surface area contributed by atoms with Crippen LogP contribution in [0.2, 0.25) is 5.02 Å². The quantitative estimate of drug-likeness (QED) is 0.716. The fraction of sp³-hybridized carbons (Fsp3) is 0.333. The lowest BCUT2D eigenvalue weighted by molar-refractivity contribution is -0.117. The van der Waals surface area contributed by atoms with Gasteiger partial charge in [0.25, 0.3) is 5.91 Å². The summed E-state index contributed by atoms with van der Waals surface area (Å²) in [6.45, 7) is 2.56. The molecule has 2 fully saturated rings. The lowest BCUT2D eigenvalue weighted by Crippen LogP contribution is -2.37. The molecule has 8 heteroatoms.